The molecule has 2 rings (SSSR count). The molecule has 1 aliphatic rings. The summed E-state index contributed by atoms with van der Waals surface area (Å²) in [7, 11) is 0. The minimum absolute atomic E-state index is 0.102. The first-order valence-electron chi connectivity index (χ1n) is 8.44. The normalized spacial score (nSPS) is 18.1. The highest BCUT2D eigenvalue weighted by molar-refractivity contribution is 5.76. The second-order valence-corrected chi connectivity index (χ2v) is 6.43. The summed E-state index contributed by atoms with van der Waals surface area (Å²) < 4.78 is 0. The van der Waals surface area contributed by atoms with Gasteiger partial charge >= 0.3 is 0 Å². The minimum Gasteiger partial charge on any atom is -0.353 e. The standard InChI is InChI=1S/C18H29N3O/c1-15(19)7-8-18(22)20-17-10-13-21(14-11-17)12-9-16-5-3-2-4-6-16/h2-6,15,17H,7-14,19H2,1H3,(H,20,22). The van der Waals surface area contributed by atoms with Gasteiger partial charge in [0.1, 0.15) is 0 Å². The van der Waals surface area contributed by atoms with Gasteiger partial charge in [0.15, 0.2) is 0 Å². The van der Waals surface area contributed by atoms with E-state index in [0.717, 1.165) is 45.3 Å². The van der Waals surface area contributed by atoms with Gasteiger partial charge in [-0.25, -0.2) is 0 Å². The second kappa shape index (κ2) is 8.91. The average Bonchev–Trinajstić information content (AvgIpc) is 2.53. The van der Waals surface area contributed by atoms with Crippen LogP contribution in [-0.4, -0.2) is 42.5 Å². The molecule has 1 aromatic rings. The number of nitrogens with zero attached hydrogens (tertiary/aromatic N) is 1. The molecule has 0 saturated carbocycles. The molecular weight excluding hydrogens is 274 g/mol. The molecule has 22 heavy (non-hydrogen) atoms. The third-order valence-corrected chi connectivity index (χ3v) is 4.34. The Labute approximate surface area is 134 Å². The van der Waals surface area contributed by atoms with Crippen molar-refractivity contribution in [2.75, 3.05) is 19.6 Å². The van der Waals surface area contributed by atoms with E-state index in [2.05, 4.69) is 40.5 Å². The van der Waals surface area contributed by atoms with Gasteiger partial charge in [-0.15, -0.1) is 0 Å². The number of carbonyl (C=O) groups excluding carboxylic acids is 1. The molecule has 0 bridgehead atoms. The van der Waals surface area contributed by atoms with Crippen LogP contribution < -0.4 is 11.1 Å². The molecule has 0 radical (unpaired) electrons. The molecule has 1 aromatic carbocycles. The van der Waals surface area contributed by atoms with Crippen molar-refractivity contribution < 1.29 is 4.79 Å². The third kappa shape index (κ3) is 6.16. The van der Waals surface area contributed by atoms with Gasteiger partial charge < -0.3 is 16.0 Å². The maximum absolute atomic E-state index is 11.8. The highest BCUT2D eigenvalue weighted by Crippen LogP contribution is 2.12. The Morgan fingerprint density at radius 2 is 2.00 bits per heavy atom. The Balaban J connectivity index is 1.62. The van der Waals surface area contributed by atoms with Gasteiger partial charge in [-0.2, -0.15) is 0 Å². The highest BCUT2D eigenvalue weighted by atomic mass is 16.1. The summed E-state index contributed by atoms with van der Waals surface area (Å²) in [5.74, 6) is 0.153. The molecule has 0 aliphatic carbocycles. The zero-order valence-corrected chi connectivity index (χ0v) is 13.6. The number of likely N-dealkylation sites (tertiary alicyclic amines) is 1. The summed E-state index contributed by atoms with van der Waals surface area (Å²) in [6, 6.07) is 11.1. The Bertz CT molecular complexity index is 439. The van der Waals surface area contributed by atoms with Crippen molar-refractivity contribution in [2.45, 2.75) is 51.1 Å². The van der Waals surface area contributed by atoms with Crippen LogP contribution in [-0.2, 0) is 11.2 Å². The average molecular weight is 303 g/mol. The fraction of sp³-hybridized carbons (Fsp3) is 0.611. The number of hydrogen-bond donors (Lipinski definition) is 2. The van der Waals surface area contributed by atoms with Crippen molar-refractivity contribution in [1.29, 1.82) is 0 Å². The van der Waals surface area contributed by atoms with Gasteiger partial charge in [0, 0.05) is 38.1 Å². The summed E-state index contributed by atoms with van der Waals surface area (Å²) in [5.41, 5.74) is 7.08. The Kier molecular flexibility index (Phi) is 6.87. The lowest BCUT2D eigenvalue weighted by Crippen LogP contribution is -2.45. The lowest BCUT2D eigenvalue weighted by Gasteiger charge is -2.32. The van der Waals surface area contributed by atoms with Crippen LogP contribution in [0.15, 0.2) is 30.3 Å². The topological polar surface area (TPSA) is 58.4 Å². The second-order valence-electron chi connectivity index (χ2n) is 6.43. The van der Waals surface area contributed by atoms with Gasteiger partial charge in [0.25, 0.3) is 0 Å². The van der Waals surface area contributed by atoms with Crippen molar-refractivity contribution in [3.05, 3.63) is 35.9 Å². The van der Waals surface area contributed by atoms with E-state index in [1.165, 1.54) is 5.56 Å². The van der Waals surface area contributed by atoms with E-state index >= 15 is 0 Å². The first-order valence-corrected chi connectivity index (χ1v) is 8.44. The van der Waals surface area contributed by atoms with E-state index in [9.17, 15) is 4.79 Å². The fourth-order valence-corrected chi connectivity index (χ4v) is 2.89. The molecular formula is C18H29N3O. The number of nitrogens with two attached hydrogens (primary N) is 1. The Morgan fingerprint density at radius 3 is 2.64 bits per heavy atom. The number of rotatable bonds is 7. The lowest BCUT2D eigenvalue weighted by molar-refractivity contribution is -0.122. The molecule has 0 spiro atoms. The van der Waals surface area contributed by atoms with Gasteiger partial charge in [-0.3, -0.25) is 4.79 Å². The fourth-order valence-electron chi connectivity index (χ4n) is 2.89. The van der Waals surface area contributed by atoms with Gasteiger partial charge in [0.05, 0.1) is 0 Å². The first kappa shape index (κ1) is 17.0. The van der Waals surface area contributed by atoms with Crippen molar-refractivity contribution in [2.24, 2.45) is 5.73 Å². The van der Waals surface area contributed by atoms with E-state index in [-0.39, 0.29) is 11.9 Å². The third-order valence-electron chi connectivity index (χ3n) is 4.34. The van der Waals surface area contributed by atoms with Crippen LogP contribution in [0.2, 0.25) is 0 Å². The van der Waals surface area contributed by atoms with Crippen LogP contribution in [0, 0.1) is 0 Å². The summed E-state index contributed by atoms with van der Waals surface area (Å²) in [5, 5.41) is 3.15. The van der Waals surface area contributed by atoms with Crippen LogP contribution in [0.3, 0.4) is 0 Å². The molecule has 0 aromatic heterocycles. The Morgan fingerprint density at radius 1 is 1.32 bits per heavy atom. The molecule has 1 fully saturated rings. The predicted molar refractivity (Wildman–Crippen MR) is 90.6 cm³/mol. The van der Waals surface area contributed by atoms with E-state index in [1.54, 1.807) is 0 Å². The maximum Gasteiger partial charge on any atom is 0.220 e. The molecule has 4 nitrogen and oxygen atoms in total. The number of nitrogens with one attached hydrogen (secondary N) is 1. The van der Waals surface area contributed by atoms with Crippen molar-refractivity contribution >= 4 is 5.91 Å². The molecule has 1 aliphatic heterocycles. The number of amides is 1. The number of hydrogen-bond acceptors (Lipinski definition) is 3. The zero-order valence-electron chi connectivity index (χ0n) is 13.6. The van der Waals surface area contributed by atoms with Crippen LogP contribution in [0.5, 0.6) is 0 Å². The molecule has 1 amide bonds. The largest absolute Gasteiger partial charge is 0.353 e. The molecule has 1 heterocycles. The van der Waals surface area contributed by atoms with E-state index in [0.29, 0.717) is 12.5 Å². The lowest BCUT2D eigenvalue weighted by atomic mass is 10.0. The van der Waals surface area contributed by atoms with Crippen LogP contribution in [0.1, 0.15) is 38.2 Å². The number of piperidine rings is 1. The first-order chi connectivity index (χ1) is 10.6. The quantitative estimate of drug-likeness (QED) is 0.809. The van der Waals surface area contributed by atoms with E-state index in [4.69, 9.17) is 5.73 Å². The van der Waals surface area contributed by atoms with Crippen molar-refractivity contribution in [3.63, 3.8) is 0 Å². The number of carbonyl (C=O) groups is 1. The summed E-state index contributed by atoms with van der Waals surface area (Å²) in [6.45, 7) is 5.20. The molecule has 1 atom stereocenters. The van der Waals surface area contributed by atoms with Crippen LogP contribution >= 0.6 is 0 Å². The highest BCUT2D eigenvalue weighted by Gasteiger charge is 2.20. The summed E-state index contributed by atoms with van der Waals surface area (Å²) >= 11 is 0. The minimum atomic E-state index is 0.102. The van der Waals surface area contributed by atoms with E-state index < -0.39 is 0 Å². The predicted octanol–water partition coefficient (Wildman–Crippen LogP) is 1.94. The van der Waals surface area contributed by atoms with Gasteiger partial charge in [-0.05, 0) is 38.2 Å². The maximum atomic E-state index is 11.8. The SMILES string of the molecule is CC(N)CCC(=O)NC1CCN(CCc2ccccc2)CC1. The molecule has 3 N–H and O–H groups in total. The smallest absolute Gasteiger partial charge is 0.220 e. The Hall–Kier alpha value is -1.39. The van der Waals surface area contributed by atoms with E-state index in [1.807, 2.05) is 6.92 Å². The van der Waals surface area contributed by atoms with Crippen molar-refractivity contribution in [3.8, 4) is 0 Å². The molecule has 1 saturated heterocycles. The zero-order chi connectivity index (χ0) is 15.8. The van der Waals surface area contributed by atoms with Crippen LogP contribution in [0.4, 0.5) is 0 Å². The van der Waals surface area contributed by atoms with Gasteiger partial charge in [-0.1, -0.05) is 30.3 Å². The van der Waals surface area contributed by atoms with Crippen molar-refractivity contribution in [1.82, 2.24) is 10.2 Å². The summed E-state index contributed by atoms with van der Waals surface area (Å²) in [4.78, 5) is 14.3. The monoisotopic (exact) mass is 303 g/mol. The molecule has 122 valence electrons. The molecule has 1 unspecified atom stereocenters. The number of benzene rings is 1. The molecule has 4 heteroatoms. The van der Waals surface area contributed by atoms with Crippen LogP contribution in [0.25, 0.3) is 0 Å². The van der Waals surface area contributed by atoms with Gasteiger partial charge in [0.2, 0.25) is 5.91 Å². The summed E-state index contributed by atoms with van der Waals surface area (Å²) in [6.07, 6.45) is 4.53.